The molecule has 7 heteroatoms. The van der Waals surface area contributed by atoms with Crippen LogP contribution in [0.3, 0.4) is 0 Å². The molecule has 0 bridgehead atoms. The van der Waals surface area contributed by atoms with Gasteiger partial charge >= 0.3 is 0 Å². The Balaban J connectivity index is 2.19. The lowest BCUT2D eigenvalue weighted by Crippen LogP contribution is -2.02. The van der Waals surface area contributed by atoms with Gasteiger partial charge < -0.3 is 5.32 Å². The third-order valence-corrected chi connectivity index (χ3v) is 4.05. The fourth-order valence-corrected chi connectivity index (χ4v) is 2.61. The van der Waals surface area contributed by atoms with Crippen LogP contribution in [0.25, 0.3) is 0 Å². The van der Waals surface area contributed by atoms with E-state index in [1.165, 1.54) is 12.1 Å². The van der Waals surface area contributed by atoms with E-state index in [0.717, 1.165) is 10.0 Å². The first kappa shape index (κ1) is 15.5. The van der Waals surface area contributed by atoms with E-state index in [0.29, 0.717) is 22.3 Å². The number of nitriles is 1. The fraction of sp³-hybridized carbons (Fsp3) is 0.0714. The number of non-ortho nitro benzene ring substituents is 1. The van der Waals surface area contributed by atoms with E-state index in [9.17, 15) is 10.1 Å². The van der Waals surface area contributed by atoms with E-state index in [4.69, 9.17) is 5.26 Å². The number of nitrogens with zero attached hydrogens (tertiary/aromatic N) is 2. The van der Waals surface area contributed by atoms with Gasteiger partial charge in [-0.15, -0.1) is 0 Å². The van der Waals surface area contributed by atoms with Crippen LogP contribution in [0.4, 0.5) is 11.4 Å². The molecule has 0 heterocycles. The lowest BCUT2D eigenvalue weighted by molar-refractivity contribution is -0.384. The van der Waals surface area contributed by atoms with Crippen molar-refractivity contribution in [2.75, 3.05) is 5.32 Å². The maximum absolute atomic E-state index is 10.7. The minimum Gasteiger partial charge on any atom is -0.380 e. The predicted molar refractivity (Wildman–Crippen MR) is 87.0 cm³/mol. The van der Waals surface area contributed by atoms with Crippen LogP contribution in [0.15, 0.2) is 45.3 Å². The molecule has 0 unspecified atom stereocenters. The Labute approximate surface area is 138 Å². The van der Waals surface area contributed by atoms with Crippen molar-refractivity contribution in [3.63, 3.8) is 0 Å². The normalized spacial score (nSPS) is 9.95. The van der Waals surface area contributed by atoms with E-state index in [1.807, 2.05) is 6.07 Å². The van der Waals surface area contributed by atoms with E-state index in [-0.39, 0.29) is 5.69 Å². The van der Waals surface area contributed by atoms with Crippen molar-refractivity contribution in [2.24, 2.45) is 0 Å². The molecule has 0 aliphatic carbocycles. The van der Waals surface area contributed by atoms with Crippen molar-refractivity contribution in [2.45, 2.75) is 6.54 Å². The van der Waals surface area contributed by atoms with Crippen LogP contribution >= 0.6 is 31.9 Å². The van der Waals surface area contributed by atoms with Crippen LogP contribution in [0.1, 0.15) is 11.1 Å². The van der Waals surface area contributed by atoms with E-state index >= 15 is 0 Å². The molecule has 0 amide bonds. The molecule has 1 N–H and O–H groups in total. The summed E-state index contributed by atoms with van der Waals surface area (Å²) in [7, 11) is 0. The molecule has 0 radical (unpaired) electrons. The van der Waals surface area contributed by atoms with Gasteiger partial charge in [-0.25, -0.2) is 0 Å². The molecule has 0 aliphatic rings. The average molecular weight is 411 g/mol. The van der Waals surface area contributed by atoms with Crippen molar-refractivity contribution < 1.29 is 4.92 Å². The zero-order chi connectivity index (χ0) is 15.4. The van der Waals surface area contributed by atoms with Crippen LogP contribution in [-0.2, 0) is 6.54 Å². The van der Waals surface area contributed by atoms with Gasteiger partial charge in [-0.05, 0) is 29.8 Å². The first-order valence-corrected chi connectivity index (χ1v) is 7.46. The van der Waals surface area contributed by atoms with E-state index in [1.54, 1.807) is 18.2 Å². The molecule has 2 rings (SSSR count). The predicted octanol–water partition coefficient (Wildman–Crippen LogP) is 4.60. The molecule has 0 spiro atoms. The van der Waals surface area contributed by atoms with E-state index < -0.39 is 4.92 Å². The number of benzene rings is 2. The summed E-state index contributed by atoms with van der Waals surface area (Å²) in [5, 5.41) is 22.9. The number of hydrogen-bond donors (Lipinski definition) is 1. The number of hydrogen-bond acceptors (Lipinski definition) is 4. The largest absolute Gasteiger partial charge is 0.380 e. The molecule has 0 atom stereocenters. The maximum atomic E-state index is 10.7. The number of rotatable bonds is 4. The lowest BCUT2D eigenvalue weighted by Gasteiger charge is -2.10. The van der Waals surface area contributed by atoms with Gasteiger partial charge in [0.05, 0.1) is 16.2 Å². The fourth-order valence-electron chi connectivity index (χ4n) is 1.74. The van der Waals surface area contributed by atoms with Crippen LogP contribution < -0.4 is 5.32 Å². The highest BCUT2D eigenvalue weighted by atomic mass is 79.9. The Morgan fingerprint density at radius 2 is 2.00 bits per heavy atom. The zero-order valence-corrected chi connectivity index (χ0v) is 13.8. The highest BCUT2D eigenvalue weighted by Gasteiger charge is 2.09. The van der Waals surface area contributed by atoms with Gasteiger partial charge in [0.2, 0.25) is 0 Å². The van der Waals surface area contributed by atoms with Crippen molar-refractivity contribution in [1.82, 2.24) is 0 Å². The number of anilines is 1. The summed E-state index contributed by atoms with van der Waals surface area (Å²) in [6, 6.07) is 12.0. The number of nitrogens with one attached hydrogen (secondary N) is 1. The van der Waals surface area contributed by atoms with Gasteiger partial charge in [-0.1, -0.05) is 31.9 Å². The molecular formula is C14H9Br2N3O2. The lowest BCUT2D eigenvalue weighted by atomic mass is 10.1. The first-order chi connectivity index (χ1) is 10.0. The second-order valence-electron chi connectivity index (χ2n) is 4.19. The molecule has 0 saturated heterocycles. The highest BCUT2D eigenvalue weighted by Crippen LogP contribution is 2.25. The van der Waals surface area contributed by atoms with Gasteiger partial charge in [-0.2, -0.15) is 5.26 Å². The summed E-state index contributed by atoms with van der Waals surface area (Å²) in [6.45, 7) is 0.448. The van der Waals surface area contributed by atoms with Gasteiger partial charge in [0.25, 0.3) is 5.69 Å². The molecule has 0 fully saturated rings. The quantitative estimate of drug-likeness (QED) is 0.589. The minimum atomic E-state index is -0.440. The Bertz CT molecular complexity index is 741. The van der Waals surface area contributed by atoms with Gasteiger partial charge in [-0.3, -0.25) is 10.1 Å². The first-order valence-electron chi connectivity index (χ1n) is 5.87. The van der Waals surface area contributed by atoms with Crippen molar-refractivity contribution in [3.8, 4) is 6.07 Å². The molecule has 5 nitrogen and oxygen atoms in total. The molecule has 0 aliphatic heterocycles. The molecule has 106 valence electrons. The summed E-state index contributed by atoms with van der Waals surface area (Å²) in [5.74, 6) is 0. The van der Waals surface area contributed by atoms with Gasteiger partial charge in [0.15, 0.2) is 0 Å². The third-order valence-electron chi connectivity index (χ3n) is 2.82. The van der Waals surface area contributed by atoms with Crippen LogP contribution in [0, 0.1) is 21.4 Å². The van der Waals surface area contributed by atoms with Crippen LogP contribution in [-0.4, -0.2) is 4.92 Å². The standard InChI is InChI=1S/C14H9Br2N3O2/c15-11-3-1-9(7-17)14(5-11)18-8-10-2-4-12(19(20)21)6-13(10)16/h1-6,18H,8H2. The zero-order valence-electron chi connectivity index (χ0n) is 10.6. The van der Waals surface area contributed by atoms with Crippen molar-refractivity contribution in [1.29, 1.82) is 5.26 Å². The SMILES string of the molecule is N#Cc1ccc(Br)cc1NCc1ccc([N+](=O)[O-])cc1Br. The Hall–Kier alpha value is -1.91. The maximum Gasteiger partial charge on any atom is 0.270 e. The molecular weight excluding hydrogens is 402 g/mol. The molecule has 0 saturated carbocycles. The van der Waals surface area contributed by atoms with Crippen molar-refractivity contribution >= 4 is 43.2 Å². The number of halogens is 2. The average Bonchev–Trinajstić information content (AvgIpc) is 2.46. The van der Waals surface area contributed by atoms with Crippen LogP contribution in [0.5, 0.6) is 0 Å². The Morgan fingerprint density at radius 1 is 1.24 bits per heavy atom. The monoisotopic (exact) mass is 409 g/mol. The van der Waals surface area contributed by atoms with Crippen LogP contribution in [0.2, 0.25) is 0 Å². The summed E-state index contributed by atoms with van der Waals surface area (Å²) in [5.41, 5.74) is 2.14. The Kier molecular flexibility index (Phi) is 4.94. The number of nitro groups is 1. The summed E-state index contributed by atoms with van der Waals surface area (Å²) in [4.78, 5) is 10.3. The van der Waals surface area contributed by atoms with Gasteiger partial charge in [0, 0.05) is 27.6 Å². The Morgan fingerprint density at radius 3 is 2.62 bits per heavy atom. The summed E-state index contributed by atoms with van der Waals surface area (Å²) >= 11 is 6.68. The highest BCUT2D eigenvalue weighted by molar-refractivity contribution is 9.10. The molecule has 2 aromatic carbocycles. The van der Waals surface area contributed by atoms with Crippen molar-refractivity contribution in [3.05, 3.63) is 66.6 Å². The minimum absolute atomic E-state index is 0.0331. The van der Waals surface area contributed by atoms with E-state index in [2.05, 4.69) is 43.2 Å². The smallest absolute Gasteiger partial charge is 0.270 e. The second-order valence-corrected chi connectivity index (χ2v) is 5.96. The number of nitro benzene ring substituents is 1. The molecule has 0 aromatic heterocycles. The topological polar surface area (TPSA) is 79.0 Å². The third kappa shape index (κ3) is 3.80. The summed E-state index contributed by atoms with van der Waals surface area (Å²) < 4.78 is 1.52. The second kappa shape index (κ2) is 6.70. The molecule has 2 aromatic rings. The summed E-state index contributed by atoms with van der Waals surface area (Å²) in [6.07, 6.45) is 0. The molecule has 21 heavy (non-hydrogen) atoms. The van der Waals surface area contributed by atoms with Gasteiger partial charge in [0.1, 0.15) is 6.07 Å².